The van der Waals surface area contributed by atoms with Crippen LogP contribution in [0.15, 0.2) is 0 Å². The van der Waals surface area contributed by atoms with E-state index in [1.165, 1.54) is 0 Å². The molecule has 1 unspecified atom stereocenters. The molecule has 0 aromatic rings. The van der Waals surface area contributed by atoms with Crippen LogP contribution in [-0.4, -0.2) is 19.4 Å². The topological polar surface area (TPSA) is 35.5 Å². The van der Waals surface area contributed by atoms with Crippen LogP contribution in [0.3, 0.4) is 0 Å². The van der Waals surface area contributed by atoms with Crippen molar-refractivity contribution in [2.24, 2.45) is 5.92 Å². The summed E-state index contributed by atoms with van der Waals surface area (Å²) in [5, 5.41) is 0. The van der Waals surface area contributed by atoms with E-state index in [1.54, 1.807) is 6.92 Å². The van der Waals surface area contributed by atoms with Gasteiger partial charge < -0.3 is 9.47 Å². The Kier molecular flexibility index (Phi) is 4.72. The fourth-order valence-corrected chi connectivity index (χ4v) is 0.370. The van der Waals surface area contributed by atoms with Gasteiger partial charge in [-0.3, -0.25) is 0 Å². The van der Waals surface area contributed by atoms with Crippen molar-refractivity contribution in [2.75, 3.05) is 13.2 Å². The first-order valence-electron chi connectivity index (χ1n) is 3.29. The van der Waals surface area contributed by atoms with Gasteiger partial charge in [0.2, 0.25) is 0 Å². The number of carbonyl (C=O) groups excluding carboxylic acids is 1. The van der Waals surface area contributed by atoms with Crippen LogP contribution in [-0.2, 0) is 9.47 Å². The van der Waals surface area contributed by atoms with E-state index in [1.807, 2.05) is 6.92 Å². The van der Waals surface area contributed by atoms with Crippen LogP contribution >= 0.6 is 0 Å². The summed E-state index contributed by atoms with van der Waals surface area (Å²) in [6, 6.07) is 0. The number of rotatable bonds is 3. The molecule has 59 valence electrons. The maximum atomic E-state index is 10.5. The molecule has 0 amide bonds. The molecule has 0 rings (SSSR count). The van der Waals surface area contributed by atoms with Gasteiger partial charge in [0.15, 0.2) is 0 Å². The quantitative estimate of drug-likeness (QED) is 0.566. The van der Waals surface area contributed by atoms with Crippen molar-refractivity contribution < 1.29 is 14.3 Å². The number of ether oxygens (including phenoxy) is 2. The average molecular weight is 145 g/mol. The third kappa shape index (κ3) is 5.41. The van der Waals surface area contributed by atoms with Crippen LogP contribution in [0.4, 0.5) is 4.79 Å². The van der Waals surface area contributed by atoms with E-state index in [-0.39, 0.29) is 5.92 Å². The Hall–Kier alpha value is -0.730. The normalized spacial score (nSPS) is 9.60. The van der Waals surface area contributed by atoms with Gasteiger partial charge in [-0.1, -0.05) is 6.92 Å². The van der Waals surface area contributed by atoms with Gasteiger partial charge in [0.1, 0.15) is 0 Å². The molecule has 0 saturated heterocycles. The molecule has 0 bridgehead atoms. The zero-order valence-corrected chi connectivity index (χ0v) is 6.42. The minimum atomic E-state index is -0.613. The maximum Gasteiger partial charge on any atom is 0.508 e. The smallest absolute Gasteiger partial charge is 0.435 e. The minimum Gasteiger partial charge on any atom is -0.435 e. The van der Waals surface area contributed by atoms with Crippen LogP contribution in [0.25, 0.3) is 0 Å². The summed E-state index contributed by atoms with van der Waals surface area (Å²) in [7, 11) is 0. The number of hydrogen-bond donors (Lipinski definition) is 0. The Balaban J connectivity index is 3.22. The third-order valence-electron chi connectivity index (χ3n) is 0.748. The van der Waals surface area contributed by atoms with Crippen molar-refractivity contribution in [1.29, 1.82) is 0 Å². The third-order valence-corrected chi connectivity index (χ3v) is 0.748. The molecule has 0 aromatic carbocycles. The lowest BCUT2D eigenvalue weighted by Gasteiger charge is -2.05. The fourth-order valence-electron chi connectivity index (χ4n) is 0.370. The van der Waals surface area contributed by atoms with Crippen LogP contribution in [0.1, 0.15) is 13.8 Å². The highest BCUT2D eigenvalue weighted by Crippen LogP contribution is 1.93. The predicted octanol–water partition coefficient (Wildman–Crippen LogP) is 1.63. The summed E-state index contributed by atoms with van der Waals surface area (Å²) < 4.78 is 9.12. The lowest BCUT2D eigenvalue weighted by molar-refractivity contribution is 0.0532. The van der Waals surface area contributed by atoms with E-state index in [0.29, 0.717) is 13.2 Å². The second-order valence-corrected chi connectivity index (χ2v) is 2.10. The second kappa shape index (κ2) is 5.09. The highest BCUT2D eigenvalue weighted by molar-refractivity contribution is 5.59. The molecule has 0 fully saturated rings. The second-order valence-electron chi connectivity index (χ2n) is 2.10. The monoisotopic (exact) mass is 145 g/mol. The van der Waals surface area contributed by atoms with E-state index in [0.717, 1.165) is 0 Å². The number of carbonyl (C=O) groups is 1. The summed E-state index contributed by atoms with van der Waals surface area (Å²) in [5.41, 5.74) is 0. The lowest BCUT2D eigenvalue weighted by Crippen LogP contribution is -2.11. The summed E-state index contributed by atoms with van der Waals surface area (Å²) in [6.07, 6.45) is -0.613. The molecule has 10 heavy (non-hydrogen) atoms. The zero-order chi connectivity index (χ0) is 7.98. The summed E-state index contributed by atoms with van der Waals surface area (Å²) in [5.74, 6) is 0.115. The van der Waals surface area contributed by atoms with Gasteiger partial charge in [0.05, 0.1) is 13.2 Å². The summed E-state index contributed by atoms with van der Waals surface area (Å²) in [6.45, 7) is 7.90. The molecule has 0 N–H and O–H groups in total. The van der Waals surface area contributed by atoms with Gasteiger partial charge in [0.25, 0.3) is 0 Å². The predicted molar refractivity (Wildman–Crippen MR) is 37.5 cm³/mol. The van der Waals surface area contributed by atoms with E-state index in [4.69, 9.17) is 0 Å². The highest BCUT2D eigenvalue weighted by Gasteiger charge is 2.02. The molecular formula is C7H13O3. The standard InChI is InChI=1S/C7H13O3/c1-4-9-7(8)10-5-6(2)3/h6H,2,4-5H2,1,3H3. The van der Waals surface area contributed by atoms with Crippen molar-refractivity contribution >= 4 is 6.16 Å². The van der Waals surface area contributed by atoms with Gasteiger partial charge in [-0.05, 0) is 19.8 Å². The minimum absolute atomic E-state index is 0.115. The Bertz CT molecular complexity index is 99.0. The first-order valence-corrected chi connectivity index (χ1v) is 3.29. The van der Waals surface area contributed by atoms with Crippen LogP contribution in [0, 0.1) is 12.8 Å². The SMILES string of the molecule is [CH2]C(C)COC(=O)OCC. The molecule has 1 atom stereocenters. The van der Waals surface area contributed by atoms with Gasteiger partial charge in [-0.2, -0.15) is 0 Å². The Labute approximate surface area is 61.3 Å². The molecule has 0 saturated carbocycles. The van der Waals surface area contributed by atoms with Crippen molar-refractivity contribution in [3.8, 4) is 0 Å². The van der Waals surface area contributed by atoms with Gasteiger partial charge in [0, 0.05) is 0 Å². The van der Waals surface area contributed by atoms with Gasteiger partial charge in [-0.25, -0.2) is 4.79 Å². The van der Waals surface area contributed by atoms with E-state index in [2.05, 4.69) is 16.4 Å². The molecule has 3 heteroatoms. The molecule has 0 aromatic heterocycles. The lowest BCUT2D eigenvalue weighted by atomic mass is 10.2. The molecule has 1 radical (unpaired) electrons. The van der Waals surface area contributed by atoms with Gasteiger partial charge in [-0.15, -0.1) is 0 Å². The molecule has 0 heterocycles. The Morgan fingerprint density at radius 2 is 2.20 bits per heavy atom. The van der Waals surface area contributed by atoms with E-state index < -0.39 is 6.16 Å². The fraction of sp³-hybridized carbons (Fsp3) is 0.714. The average Bonchev–Trinajstić information content (AvgIpc) is 1.85. The molecular weight excluding hydrogens is 132 g/mol. The molecule has 0 aliphatic carbocycles. The zero-order valence-electron chi connectivity index (χ0n) is 6.42. The van der Waals surface area contributed by atoms with Crippen LogP contribution in [0.5, 0.6) is 0 Å². The van der Waals surface area contributed by atoms with Gasteiger partial charge >= 0.3 is 6.16 Å². The Morgan fingerprint density at radius 3 is 2.60 bits per heavy atom. The van der Waals surface area contributed by atoms with E-state index in [9.17, 15) is 4.79 Å². The molecule has 0 spiro atoms. The first kappa shape index (κ1) is 9.27. The van der Waals surface area contributed by atoms with E-state index >= 15 is 0 Å². The van der Waals surface area contributed by atoms with Crippen LogP contribution < -0.4 is 0 Å². The first-order chi connectivity index (χ1) is 4.66. The molecule has 0 aliphatic rings. The molecule has 3 nitrogen and oxygen atoms in total. The Morgan fingerprint density at radius 1 is 1.60 bits per heavy atom. The van der Waals surface area contributed by atoms with Crippen LogP contribution in [0.2, 0.25) is 0 Å². The van der Waals surface area contributed by atoms with Crippen molar-refractivity contribution in [1.82, 2.24) is 0 Å². The van der Waals surface area contributed by atoms with Crippen molar-refractivity contribution in [3.63, 3.8) is 0 Å². The van der Waals surface area contributed by atoms with Crippen molar-refractivity contribution in [2.45, 2.75) is 13.8 Å². The largest absolute Gasteiger partial charge is 0.508 e. The molecule has 0 aliphatic heterocycles. The van der Waals surface area contributed by atoms with Crippen molar-refractivity contribution in [3.05, 3.63) is 6.92 Å². The number of hydrogen-bond acceptors (Lipinski definition) is 3. The summed E-state index contributed by atoms with van der Waals surface area (Å²) >= 11 is 0. The summed E-state index contributed by atoms with van der Waals surface area (Å²) in [4.78, 5) is 10.5. The highest BCUT2D eigenvalue weighted by atomic mass is 16.7. The maximum absolute atomic E-state index is 10.5.